The molecule has 1 saturated heterocycles. The van der Waals surface area contributed by atoms with E-state index in [4.69, 9.17) is 30.4 Å². The van der Waals surface area contributed by atoms with Gasteiger partial charge in [0.15, 0.2) is 0 Å². The molecule has 0 atom stereocenters. The van der Waals surface area contributed by atoms with Crippen molar-refractivity contribution in [2.24, 2.45) is 0 Å². The zero-order valence-electron chi connectivity index (χ0n) is 12.7. The van der Waals surface area contributed by atoms with Crippen LogP contribution in [0.15, 0.2) is 12.1 Å². The van der Waals surface area contributed by atoms with E-state index in [-0.39, 0.29) is 0 Å². The average Bonchev–Trinajstić information content (AvgIpc) is 2.58. The Balaban J connectivity index is 2.42. The lowest BCUT2D eigenvalue weighted by Crippen LogP contribution is -2.41. The monoisotopic (exact) mass is 298 g/mol. The largest absolute Gasteiger partial charge is 0.498 e. The van der Waals surface area contributed by atoms with Gasteiger partial charge in [-0.25, -0.2) is 0 Å². The minimum Gasteiger partial charge on any atom is -0.497 e. The maximum absolute atomic E-state index is 6.19. The van der Waals surface area contributed by atoms with Crippen molar-refractivity contribution in [3.05, 3.63) is 17.2 Å². The fraction of sp³-hybridized carbons (Fsp3) is 0.571. The number of ether oxygens (including phenoxy) is 2. The standard InChI is InChI=1S/C14H20BClO4/c1-13(2)14(3,4)20-15(19-13)9-7-10(16)12(18-6)8-11(9)17-5/h7-8H,1-6H3. The van der Waals surface area contributed by atoms with E-state index in [0.717, 1.165) is 5.46 Å². The summed E-state index contributed by atoms with van der Waals surface area (Å²) in [7, 11) is 2.64. The summed E-state index contributed by atoms with van der Waals surface area (Å²) in [6.45, 7) is 8.02. The molecule has 0 amide bonds. The molecule has 0 bridgehead atoms. The molecule has 1 aliphatic heterocycles. The lowest BCUT2D eigenvalue weighted by Gasteiger charge is -2.32. The van der Waals surface area contributed by atoms with Gasteiger partial charge in [-0.3, -0.25) is 0 Å². The van der Waals surface area contributed by atoms with Crippen molar-refractivity contribution in [2.75, 3.05) is 14.2 Å². The molecule has 0 aliphatic carbocycles. The molecule has 1 aliphatic rings. The third-order valence-electron chi connectivity index (χ3n) is 4.01. The number of benzene rings is 1. The van der Waals surface area contributed by atoms with Crippen molar-refractivity contribution in [3.8, 4) is 11.5 Å². The first-order valence-corrected chi connectivity index (χ1v) is 6.86. The molecular formula is C14H20BClO4. The van der Waals surface area contributed by atoms with Crippen LogP contribution in [0, 0.1) is 0 Å². The highest BCUT2D eigenvalue weighted by Crippen LogP contribution is 2.38. The summed E-state index contributed by atoms with van der Waals surface area (Å²) in [5.74, 6) is 1.19. The van der Waals surface area contributed by atoms with E-state index in [1.807, 2.05) is 27.7 Å². The first-order valence-electron chi connectivity index (χ1n) is 6.49. The fourth-order valence-electron chi connectivity index (χ4n) is 2.04. The molecule has 0 saturated carbocycles. The summed E-state index contributed by atoms with van der Waals surface area (Å²) < 4.78 is 22.6. The van der Waals surface area contributed by atoms with E-state index in [2.05, 4.69) is 0 Å². The molecule has 0 aromatic heterocycles. The molecule has 20 heavy (non-hydrogen) atoms. The van der Waals surface area contributed by atoms with E-state index in [1.165, 1.54) is 0 Å². The van der Waals surface area contributed by atoms with Crippen molar-refractivity contribution in [1.29, 1.82) is 0 Å². The predicted molar refractivity (Wildman–Crippen MR) is 80.3 cm³/mol. The number of halogens is 1. The van der Waals surface area contributed by atoms with Crippen molar-refractivity contribution in [3.63, 3.8) is 0 Å². The van der Waals surface area contributed by atoms with Crippen LogP contribution in [0.2, 0.25) is 5.02 Å². The van der Waals surface area contributed by atoms with Gasteiger partial charge in [0.2, 0.25) is 0 Å². The van der Waals surface area contributed by atoms with E-state index >= 15 is 0 Å². The van der Waals surface area contributed by atoms with Gasteiger partial charge in [-0.15, -0.1) is 0 Å². The quantitative estimate of drug-likeness (QED) is 0.804. The normalized spacial score (nSPS) is 20.1. The molecule has 1 aromatic rings. The number of hydrogen-bond acceptors (Lipinski definition) is 4. The van der Waals surface area contributed by atoms with Crippen LogP contribution in [0.1, 0.15) is 27.7 Å². The first kappa shape index (κ1) is 15.5. The lowest BCUT2D eigenvalue weighted by molar-refractivity contribution is 0.00578. The van der Waals surface area contributed by atoms with Gasteiger partial charge in [-0.05, 0) is 33.8 Å². The number of methoxy groups -OCH3 is 2. The topological polar surface area (TPSA) is 36.9 Å². The molecular weight excluding hydrogens is 278 g/mol. The van der Waals surface area contributed by atoms with Gasteiger partial charge in [0.25, 0.3) is 0 Å². The molecule has 1 heterocycles. The van der Waals surface area contributed by atoms with E-state index in [0.29, 0.717) is 16.5 Å². The molecule has 110 valence electrons. The average molecular weight is 299 g/mol. The SMILES string of the molecule is COc1cc(OC)c(B2OC(C)(C)C(C)(C)O2)cc1Cl. The molecule has 1 fully saturated rings. The van der Waals surface area contributed by atoms with Gasteiger partial charge in [0.1, 0.15) is 11.5 Å². The third kappa shape index (κ3) is 2.50. The third-order valence-corrected chi connectivity index (χ3v) is 4.31. The number of hydrogen-bond donors (Lipinski definition) is 0. The van der Waals surface area contributed by atoms with Gasteiger partial charge in [0.05, 0.1) is 30.4 Å². The van der Waals surface area contributed by atoms with Crippen molar-refractivity contribution < 1.29 is 18.8 Å². The Kier molecular flexibility index (Phi) is 3.97. The molecule has 0 unspecified atom stereocenters. The van der Waals surface area contributed by atoms with Gasteiger partial charge >= 0.3 is 7.12 Å². The Morgan fingerprint density at radius 1 is 0.950 bits per heavy atom. The molecule has 0 spiro atoms. The maximum Gasteiger partial charge on any atom is 0.498 e. The molecule has 4 nitrogen and oxygen atoms in total. The molecule has 1 aromatic carbocycles. The minimum atomic E-state index is -0.515. The molecule has 0 radical (unpaired) electrons. The van der Waals surface area contributed by atoms with E-state index in [9.17, 15) is 0 Å². The first-order chi connectivity index (χ1) is 9.21. The van der Waals surface area contributed by atoms with Crippen molar-refractivity contribution >= 4 is 24.2 Å². The lowest BCUT2D eigenvalue weighted by atomic mass is 9.78. The second-order valence-electron chi connectivity index (χ2n) is 5.82. The Hall–Kier alpha value is -0.905. The molecule has 6 heteroatoms. The highest BCUT2D eigenvalue weighted by atomic mass is 35.5. The van der Waals surface area contributed by atoms with Crippen LogP contribution >= 0.6 is 11.6 Å². The van der Waals surface area contributed by atoms with Crippen molar-refractivity contribution in [1.82, 2.24) is 0 Å². The highest BCUT2D eigenvalue weighted by Gasteiger charge is 2.52. The Bertz CT molecular complexity index is 500. The second-order valence-corrected chi connectivity index (χ2v) is 6.22. The van der Waals surface area contributed by atoms with Crippen LogP contribution in [0.4, 0.5) is 0 Å². The van der Waals surface area contributed by atoms with Crippen LogP contribution in [-0.4, -0.2) is 32.5 Å². The van der Waals surface area contributed by atoms with Crippen LogP contribution in [0.5, 0.6) is 11.5 Å². The van der Waals surface area contributed by atoms with E-state index in [1.54, 1.807) is 26.4 Å². The second kappa shape index (κ2) is 5.13. The molecule has 2 rings (SSSR count). The summed E-state index contributed by atoms with van der Waals surface area (Å²) in [5.41, 5.74) is -0.0542. The summed E-state index contributed by atoms with van der Waals surface area (Å²) in [4.78, 5) is 0. The van der Waals surface area contributed by atoms with E-state index < -0.39 is 18.3 Å². The summed E-state index contributed by atoms with van der Waals surface area (Å²) in [6, 6.07) is 3.50. The zero-order valence-corrected chi connectivity index (χ0v) is 13.5. The Morgan fingerprint density at radius 3 is 1.90 bits per heavy atom. The summed E-state index contributed by atoms with van der Waals surface area (Å²) >= 11 is 6.19. The fourth-order valence-corrected chi connectivity index (χ4v) is 2.29. The smallest absolute Gasteiger partial charge is 0.497 e. The zero-order chi connectivity index (χ0) is 15.1. The summed E-state index contributed by atoms with van der Waals surface area (Å²) in [5, 5.41) is 0.498. The Morgan fingerprint density at radius 2 is 1.45 bits per heavy atom. The molecule has 0 N–H and O–H groups in total. The Labute approximate surface area is 125 Å². The van der Waals surface area contributed by atoms with Gasteiger partial charge in [0, 0.05) is 11.5 Å². The van der Waals surface area contributed by atoms with Crippen LogP contribution in [0.25, 0.3) is 0 Å². The summed E-state index contributed by atoms with van der Waals surface area (Å²) in [6.07, 6.45) is 0. The maximum atomic E-state index is 6.19. The number of rotatable bonds is 3. The van der Waals surface area contributed by atoms with Gasteiger partial charge in [-0.1, -0.05) is 11.6 Å². The van der Waals surface area contributed by atoms with Gasteiger partial charge in [-0.2, -0.15) is 0 Å². The predicted octanol–water partition coefficient (Wildman–Crippen LogP) is 2.66. The van der Waals surface area contributed by atoms with Crippen molar-refractivity contribution in [2.45, 2.75) is 38.9 Å². The highest BCUT2D eigenvalue weighted by molar-refractivity contribution is 6.63. The van der Waals surface area contributed by atoms with Crippen LogP contribution in [-0.2, 0) is 9.31 Å². The van der Waals surface area contributed by atoms with Crippen LogP contribution in [0.3, 0.4) is 0 Å². The minimum absolute atomic E-state index is 0.408. The van der Waals surface area contributed by atoms with Crippen LogP contribution < -0.4 is 14.9 Å². The van der Waals surface area contributed by atoms with Gasteiger partial charge < -0.3 is 18.8 Å².